The molecule has 1 rings (SSSR count). The molecular weight excluding hydrogens is 432 g/mol. The molecule has 0 saturated carbocycles. The Balaban J connectivity index is 0. The molecule has 0 aromatic heterocycles. The van der Waals surface area contributed by atoms with E-state index in [0.29, 0.717) is 0 Å². The third-order valence-corrected chi connectivity index (χ3v) is 5.57. The van der Waals surface area contributed by atoms with Crippen molar-refractivity contribution in [2.45, 2.75) is 110 Å². The molecule has 178 valence electrons. The zero-order valence-electron chi connectivity index (χ0n) is 20.8. The second-order valence-corrected chi connectivity index (χ2v) is 9.31. The fourth-order valence-corrected chi connectivity index (χ4v) is 3.89. The predicted octanol–water partition coefficient (Wildman–Crippen LogP) is 8.29. The lowest BCUT2D eigenvalue weighted by Crippen LogP contribution is -2.39. The van der Waals surface area contributed by atoms with Crippen LogP contribution in [0.1, 0.15) is 109 Å². The predicted molar refractivity (Wildman–Crippen MR) is 142 cm³/mol. The number of benzene rings is 1. The first-order chi connectivity index (χ1) is 14.1. The number of quaternary nitrogens is 1. The molecule has 0 unspecified atom stereocenters. The Morgan fingerprint density at radius 1 is 0.633 bits per heavy atom. The number of hydrogen-bond acceptors (Lipinski definition) is 1. The number of nitrogens with zero attached hydrogens (tertiary/aromatic N) is 1. The summed E-state index contributed by atoms with van der Waals surface area (Å²) in [5.41, 5.74) is 6.31. The van der Waals surface area contributed by atoms with E-state index in [1.807, 2.05) is 6.92 Å². The van der Waals surface area contributed by atoms with E-state index in [0.717, 1.165) is 17.6 Å². The Kier molecular flexibility index (Phi) is 24.7. The van der Waals surface area contributed by atoms with Crippen LogP contribution in [0.3, 0.4) is 0 Å². The van der Waals surface area contributed by atoms with Gasteiger partial charge in [-0.3, -0.25) is 0 Å². The Morgan fingerprint density at radius 2 is 1.00 bits per heavy atom. The van der Waals surface area contributed by atoms with E-state index >= 15 is 0 Å². The highest BCUT2D eigenvalue weighted by molar-refractivity contribution is 8.93. The Morgan fingerprint density at radius 3 is 1.40 bits per heavy atom. The van der Waals surface area contributed by atoms with Gasteiger partial charge in [0, 0.05) is 5.56 Å². The summed E-state index contributed by atoms with van der Waals surface area (Å²) < 4.78 is 1.11. The van der Waals surface area contributed by atoms with Gasteiger partial charge in [-0.2, -0.15) is 0 Å². The molecule has 0 aliphatic rings. The van der Waals surface area contributed by atoms with E-state index in [1.54, 1.807) is 0 Å². The molecule has 0 aliphatic carbocycles. The molecule has 0 saturated heterocycles. The molecule has 0 radical (unpaired) electrons. The number of halogens is 1. The van der Waals surface area contributed by atoms with Gasteiger partial charge in [0.2, 0.25) is 0 Å². The molecule has 0 heterocycles. The smallest absolute Gasteiger partial charge is 0.104 e. The molecule has 0 fully saturated rings. The van der Waals surface area contributed by atoms with E-state index in [2.05, 4.69) is 51.4 Å². The van der Waals surface area contributed by atoms with Crippen molar-refractivity contribution in [3.05, 3.63) is 35.9 Å². The van der Waals surface area contributed by atoms with Crippen LogP contribution < -0.4 is 5.73 Å². The van der Waals surface area contributed by atoms with Crippen molar-refractivity contribution in [3.8, 4) is 0 Å². The molecule has 30 heavy (non-hydrogen) atoms. The lowest BCUT2D eigenvalue weighted by Gasteiger charge is -2.30. The standard InChI is InChI=1S/C25H46N.C2H7N.BrH/c1-4-5-6-7-8-9-10-11-12-13-14-15-16-20-23-26(2,3)24-25-21-18-17-19-22-25;1-2-3;/h17-19,21-22H,4-16,20,23-24H2,1-3H3;2-3H2,1H3;1H/q+1;;. The summed E-state index contributed by atoms with van der Waals surface area (Å²) in [6.07, 6.45) is 20.2. The van der Waals surface area contributed by atoms with Gasteiger partial charge < -0.3 is 10.2 Å². The highest BCUT2D eigenvalue weighted by Crippen LogP contribution is 2.14. The Bertz CT molecular complexity index is 434. The SMILES string of the molecule is Br.CCCCCCCCCCCCCCCC[N+](C)(C)Cc1ccccc1.CCN. The van der Waals surface area contributed by atoms with Crippen molar-refractivity contribution in [3.63, 3.8) is 0 Å². The van der Waals surface area contributed by atoms with Gasteiger partial charge in [-0.05, 0) is 19.4 Å². The number of rotatable bonds is 17. The average molecular weight is 487 g/mol. The molecule has 1 aromatic carbocycles. The van der Waals surface area contributed by atoms with E-state index < -0.39 is 0 Å². The lowest BCUT2D eigenvalue weighted by atomic mass is 10.0. The van der Waals surface area contributed by atoms with E-state index in [1.165, 1.54) is 102 Å². The van der Waals surface area contributed by atoms with Gasteiger partial charge in [-0.25, -0.2) is 0 Å². The average Bonchev–Trinajstić information content (AvgIpc) is 2.69. The van der Waals surface area contributed by atoms with E-state index in [4.69, 9.17) is 5.73 Å². The maximum atomic E-state index is 4.85. The van der Waals surface area contributed by atoms with Gasteiger partial charge in [0.05, 0.1) is 20.6 Å². The highest BCUT2D eigenvalue weighted by Gasteiger charge is 2.14. The zero-order valence-corrected chi connectivity index (χ0v) is 22.6. The third-order valence-electron chi connectivity index (χ3n) is 5.57. The first-order valence-electron chi connectivity index (χ1n) is 12.6. The number of nitrogens with two attached hydrogens (primary N) is 1. The molecule has 0 amide bonds. The second kappa shape index (κ2) is 23.3. The maximum absolute atomic E-state index is 4.85. The second-order valence-electron chi connectivity index (χ2n) is 9.31. The number of hydrogen-bond donors (Lipinski definition) is 1. The number of unbranched alkanes of at least 4 members (excludes halogenated alkanes) is 13. The lowest BCUT2D eigenvalue weighted by molar-refractivity contribution is -0.903. The molecule has 0 aliphatic heterocycles. The van der Waals surface area contributed by atoms with Crippen LogP contribution >= 0.6 is 17.0 Å². The third kappa shape index (κ3) is 22.3. The van der Waals surface area contributed by atoms with Gasteiger partial charge in [0.15, 0.2) is 0 Å². The molecule has 3 heteroatoms. The fraction of sp³-hybridized carbons (Fsp3) is 0.778. The van der Waals surface area contributed by atoms with Crippen LogP contribution in [0.15, 0.2) is 30.3 Å². The minimum absolute atomic E-state index is 0. The first kappa shape index (κ1) is 31.8. The fourth-order valence-electron chi connectivity index (χ4n) is 3.89. The van der Waals surface area contributed by atoms with Crippen LogP contribution in [0.2, 0.25) is 0 Å². The van der Waals surface area contributed by atoms with Gasteiger partial charge in [-0.1, -0.05) is 121 Å². The zero-order chi connectivity index (χ0) is 21.6. The summed E-state index contributed by atoms with van der Waals surface area (Å²) in [6.45, 7) is 7.40. The van der Waals surface area contributed by atoms with Gasteiger partial charge in [0.25, 0.3) is 0 Å². The van der Waals surface area contributed by atoms with Crippen molar-refractivity contribution in [2.24, 2.45) is 5.73 Å². The summed E-state index contributed by atoms with van der Waals surface area (Å²) in [5, 5.41) is 0. The maximum Gasteiger partial charge on any atom is 0.104 e. The normalized spacial score (nSPS) is 10.8. The summed E-state index contributed by atoms with van der Waals surface area (Å²) in [6, 6.07) is 10.9. The summed E-state index contributed by atoms with van der Waals surface area (Å²) in [7, 11) is 4.74. The summed E-state index contributed by atoms with van der Waals surface area (Å²) >= 11 is 0. The van der Waals surface area contributed by atoms with Crippen LogP contribution in [0.4, 0.5) is 0 Å². The molecule has 2 N–H and O–H groups in total. The van der Waals surface area contributed by atoms with Crippen molar-refractivity contribution >= 4 is 17.0 Å². The molecule has 2 nitrogen and oxygen atoms in total. The molecule has 0 atom stereocenters. The van der Waals surface area contributed by atoms with Gasteiger partial charge >= 0.3 is 0 Å². The molecule has 0 bridgehead atoms. The largest absolute Gasteiger partial charge is 0.331 e. The van der Waals surface area contributed by atoms with Crippen LogP contribution in [0.25, 0.3) is 0 Å². The summed E-state index contributed by atoms with van der Waals surface area (Å²) in [5.74, 6) is 0. The molecular formula is C27H54BrN2+. The highest BCUT2D eigenvalue weighted by atomic mass is 79.9. The summed E-state index contributed by atoms with van der Waals surface area (Å²) in [4.78, 5) is 0. The Labute approximate surface area is 200 Å². The topological polar surface area (TPSA) is 26.0 Å². The quantitative estimate of drug-likeness (QED) is 0.174. The molecule has 0 spiro atoms. The van der Waals surface area contributed by atoms with Crippen LogP contribution in [0, 0.1) is 0 Å². The van der Waals surface area contributed by atoms with Crippen LogP contribution in [-0.2, 0) is 6.54 Å². The minimum Gasteiger partial charge on any atom is -0.331 e. The van der Waals surface area contributed by atoms with Crippen molar-refractivity contribution < 1.29 is 4.48 Å². The van der Waals surface area contributed by atoms with Gasteiger partial charge in [-0.15, -0.1) is 17.0 Å². The van der Waals surface area contributed by atoms with Crippen LogP contribution in [-0.4, -0.2) is 31.7 Å². The van der Waals surface area contributed by atoms with Crippen molar-refractivity contribution in [2.75, 3.05) is 27.2 Å². The van der Waals surface area contributed by atoms with Crippen molar-refractivity contribution in [1.82, 2.24) is 0 Å². The molecule has 1 aromatic rings. The van der Waals surface area contributed by atoms with E-state index in [-0.39, 0.29) is 17.0 Å². The monoisotopic (exact) mass is 485 g/mol. The van der Waals surface area contributed by atoms with E-state index in [9.17, 15) is 0 Å². The Hall–Kier alpha value is -0.380. The minimum atomic E-state index is 0. The van der Waals surface area contributed by atoms with Crippen LogP contribution in [0.5, 0.6) is 0 Å². The first-order valence-corrected chi connectivity index (χ1v) is 12.6. The van der Waals surface area contributed by atoms with Crippen molar-refractivity contribution in [1.29, 1.82) is 0 Å². The van der Waals surface area contributed by atoms with Gasteiger partial charge in [0.1, 0.15) is 6.54 Å².